The third-order valence-electron chi connectivity index (χ3n) is 2.34. The summed E-state index contributed by atoms with van der Waals surface area (Å²) in [6.45, 7) is 2.17. The zero-order valence-electron chi connectivity index (χ0n) is 8.02. The molecule has 2 heteroatoms. The minimum atomic E-state index is 0.231. The highest BCUT2D eigenvalue weighted by Gasteiger charge is 2.14. The molecular formula is C12H12BrN. The summed E-state index contributed by atoms with van der Waals surface area (Å²) in [5.74, 6) is 0.454. The first-order valence-corrected chi connectivity index (χ1v) is 5.63. The maximum atomic E-state index is 4.39. The smallest absolute Gasteiger partial charge is 0.111 e. The van der Waals surface area contributed by atoms with Gasteiger partial charge in [-0.2, -0.15) is 0 Å². The Kier molecular flexibility index (Phi) is 2.82. The zero-order chi connectivity index (χ0) is 9.97. The van der Waals surface area contributed by atoms with Gasteiger partial charge in [0.05, 0.1) is 0 Å². The molecule has 2 atom stereocenters. The fraction of sp³-hybridized carbons (Fsp3) is 0.250. The van der Waals surface area contributed by atoms with E-state index in [9.17, 15) is 0 Å². The van der Waals surface area contributed by atoms with E-state index in [-0.39, 0.29) is 4.95 Å². The van der Waals surface area contributed by atoms with E-state index in [1.54, 1.807) is 0 Å². The minimum absolute atomic E-state index is 0.231. The monoisotopic (exact) mass is 249 g/mol. The molecule has 2 unspecified atom stereocenters. The van der Waals surface area contributed by atoms with Crippen LogP contribution < -0.4 is 0 Å². The number of hydrogen-bond donors (Lipinski definition) is 0. The van der Waals surface area contributed by atoms with Crippen LogP contribution >= 0.6 is 15.9 Å². The normalized spacial score (nSPS) is 26.0. The SMILES string of the molecule is CC1C=C(c2ccccc2)C=NC1Br. The Morgan fingerprint density at radius 3 is 2.57 bits per heavy atom. The highest BCUT2D eigenvalue weighted by Crippen LogP contribution is 2.25. The molecule has 14 heavy (non-hydrogen) atoms. The van der Waals surface area contributed by atoms with Gasteiger partial charge in [0.15, 0.2) is 0 Å². The Morgan fingerprint density at radius 2 is 1.93 bits per heavy atom. The molecule has 0 saturated heterocycles. The lowest BCUT2D eigenvalue weighted by molar-refractivity contribution is 0.704. The van der Waals surface area contributed by atoms with E-state index >= 15 is 0 Å². The van der Waals surface area contributed by atoms with Gasteiger partial charge in [0.25, 0.3) is 0 Å². The summed E-state index contributed by atoms with van der Waals surface area (Å²) in [6, 6.07) is 10.4. The van der Waals surface area contributed by atoms with Crippen LogP contribution in [-0.4, -0.2) is 11.2 Å². The average molecular weight is 250 g/mol. The van der Waals surface area contributed by atoms with Crippen molar-refractivity contribution in [3.05, 3.63) is 42.0 Å². The van der Waals surface area contributed by atoms with E-state index in [4.69, 9.17) is 0 Å². The van der Waals surface area contributed by atoms with Crippen LogP contribution in [0.2, 0.25) is 0 Å². The Morgan fingerprint density at radius 1 is 1.21 bits per heavy atom. The second kappa shape index (κ2) is 4.09. The van der Waals surface area contributed by atoms with Gasteiger partial charge in [0.2, 0.25) is 0 Å². The molecule has 0 radical (unpaired) electrons. The van der Waals surface area contributed by atoms with Gasteiger partial charge in [0, 0.05) is 12.1 Å². The van der Waals surface area contributed by atoms with E-state index in [0.29, 0.717) is 5.92 Å². The molecule has 72 valence electrons. The van der Waals surface area contributed by atoms with Gasteiger partial charge in [0.1, 0.15) is 4.95 Å². The van der Waals surface area contributed by atoms with Crippen molar-refractivity contribution in [1.82, 2.24) is 0 Å². The number of aliphatic imine (C=N–C) groups is 1. The zero-order valence-corrected chi connectivity index (χ0v) is 9.61. The molecule has 0 aliphatic carbocycles. The number of alkyl halides is 1. The Hall–Kier alpha value is -0.890. The summed E-state index contributed by atoms with van der Waals surface area (Å²) in [6.07, 6.45) is 4.19. The van der Waals surface area contributed by atoms with Crippen LogP contribution in [0.3, 0.4) is 0 Å². The molecule has 0 aromatic heterocycles. The number of allylic oxidation sites excluding steroid dienone is 1. The van der Waals surface area contributed by atoms with Crippen molar-refractivity contribution in [2.45, 2.75) is 11.9 Å². The summed E-state index contributed by atoms with van der Waals surface area (Å²) in [7, 11) is 0. The van der Waals surface area contributed by atoms with Crippen LogP contribution in [0.1, 0.15) is 12.5 Å². The lowest BCUT2D eigenvalue weighted by atomic mass is 9.99. The van der Waals surface area contributed by atoms with Gasteiger partial charge in [-0.1, -0.05) is 59.3 Å². The molecule has 2 rings (SSSR count). The first-order chi connectivity index (χ1) is 6.77. The molecule has 0 amide bonds. The van der Waals surface area contributed by atoms with E-state index in [1.165, 1.54) is 11.1 Å². The highest BCUT2D eigenvalue weighted by atomic mass is 79.9. The second-order valence-corrected chi connectivity index (χ2v) is 4.44. The second-order valence-electron chi connectivity index (χ2n) is 3.50. The van der Waals surface area contributed by atoms with Crippen LogP contribution in [-0.2, 0) is 0 Å². The average Bonchev–Trinajstić information content (AvgIpc) is 2.23. The topological polar surface area (TPSA) is 12.4 Å². The molecular weight excluding hydrogens is 238 g/mol. The summed E-state index contributed by atoms with van der Waals surface area (Å²) < 4.78 is 0. The van der Waals surface area contributed by atoms with E-state index in [2.05, 4.69) is 58.2 Å². The highest BCUT2D eigenvalue weighted by molar-refractivity contribution is 9.09. The van der Waals surface area contributed by atoms with Crippen LogP contribution in [0.4, 0.5) is 0 Å². The van der Waals surface area contributed by atoms with Crippen LogP contribution in [0.5, 0.6) is 0 Å². The third kappa shape index (κ3) is 1.95. The molecule has 0 spiro atoms. The number of halogens is 1. The van der Waals surface area contributed by atoms with E-state index in [1.807, 2.05) is 12.3 Å². The van der Waals surface area contributed by atoms with Crippen LogP contribution in [0.15, 0.2) is 41.4 Å². The van der Waals surface area contributed by atoms with Crippen molar-refractivity contribution in [1.29, 1.82) is 0 Å². The van der Waals surface area contributed by atoms with Gasteiger partial charge in [-0.3, -0.25) is 4.99 Å². The molecule has 1 heterocycles. The molecule has 0 N–H and O–H groups in total. The quantitative estimate of drug-likeness (QED) is 0.534. The van der Waals surface area contributed by atoms with Gasteiger partial charge in [-0.25, -0.2) is 0 Å². The van der Waals surface area contributed by atoms with Crippen molar-refractivity contribution in [3.63, 3.8) is 0 Å². The van der Waals surface area contributed by atoms with Crippen LogP contribution in [0, 0.1) is 5.92 Å². The maximum absolute atomic E-state index is 4.39. The Balaban J connectivity index is 2.30. The number of hydrogen-bond acceptors (Lipinski definition) is 1. The van der Waals surface area contributed by atoms with E-state index < -0.39 is 0 Å². The van der Waals surface area contributed by atoms with Crippen molar-refractivity contribution >= 4 is 27.7 Å². The summed E-state index contributed by atoms with van der Waals surface area (Å²) >= 11 is 3.51. The summed E-state index contributed by atoms with van der Waals surface area (Å²) in [5, 5.41) is 0. The van der Waals surface area contributed by atoms with E-state index in [0.717, 1.165) is 0 Å². The molecule has 0 saturated carbocycles. The molecule has 1 aliphatic heterocycles. The fourth-order valence-corrected chi connectivity index (χ4v) is 1.77. The van der Waals surface area contributed by atoms with Gasteiger partial charge >= 0.3 is 0 Å². The molecule has 0 fully saturated rings. The standard InChI is InChI=1S/C12H12BrN/c1-9-7-11(8-14-12(9)13)10-5-3-2-4-6-10/h2-9,12H,1H3. The predicted molar refractivity (Wildman–Crippen MR) is 64.8 cm³/mol. The Bertz CT molecular complexity index is 367. The lowest BCUT2D eigenvalue weighted by Gasteiger charge is -2.17. The number of rotatable bonds is 1. The molecule has 1 nitrogen and oxygen atoms in total. The summed E-state index contributed by atoms with van der Waals surface area (Å²) in [4.78, 5) is 4.62. The van der Waals surface area contributed by atoms with Crippen molar-refractivity contribution in [2.75, 3.05) is 0 Å². The fourth-order valence-electron chi connectivity index (χ4n) is 1.49. The predicted octanol–water partition coefficient (Wildman–Crippen LogP) is 3.51. The van der Waals surface area contributed by atoms with Gasteiger partial charge in [-0.15, -0.1) is 0 Å². The van der Waals surface area contributed by atoms with Crippen LogP contribution in [0.25, 0.3) is 5.57 Å². The van der Waals surface area contributed by atoms with Gasteiger partial charge in [-0.05, 0) is 11.1 Å². The molecule has 1 aliphatic rings. The molecule has 1 aromatic carbocycles. The Labute approximate surface area is 92.7 Å². The summed E-state index contributed by atoms with van der Waals surface area (Å²) in [5.41, 5.74) is 2.45. The lowest BCUT2D eigenvalue weighted by Crippen LogP contribution is -2.11. The number of dihydropyridines is 1. The molecule has 1 aromatic rings. The van der Waals surface area contributed by atoms with Crippen molar-refractivity contribution in [2.24, 2.45) is 10.9 Å². The molecule has 0 bridgehead atoms. The largest absolute Gasteiger partial charge is 0.277 e. The first kappa shape index (κ1) is 9.66. The number of nitrogens with zero attached hydrogens (tertiary/aromatic N) is 1. The van der Waals surface area contributed by atoms with Gasteiger partial charge < -0.3 is 0 Å². The maximum Gasteiger partial charge on any atom is 0.111 e. The number of benzene rings is 1. The third-order valence-corrected chi connectivity index (χ3v) is 3.41. The minimum Gasteiger partial charge on any atom is -0.277 e. The van der Waals surface area contributed by atoms with Crippen molar-refractivity contribution in [3.8, 4) is 0 Å². The first-order valence-electron chi connectivity index (χ1n) is 4.72. The van der Waals surface area contributed by atoms with Crippen molar-refractivity contribution < 1.29 is 0 Å².